The fourth-order valence-corrected chi connectivity index (χ4v) is 0.924. The van der Waals surface area contributed by atoms with Crippen LogP contribution in [0.5, 0.6) is 0 Å². The van der Waals surface area contributed by atoms with Gasteiger partial charge in [0.15, 0.2) is 0 Å². The molecule has 1 rings (SSSR count). The maximum absolute atomic E-state index is 5.72. The van der Waals surface area contributed by atoms with Gasteiger partial charge in [-0.15, -0.1) is 0 Å². The molecule has 0 bridgehead atoms. The lowest BCUT2D eigenvalue weighted by Gasteiger charge is -1.99. The van der Waals surface area contributed by atoms with Crippen LogP contribution in [-0.2, 0) is 0 Å². The number of hydrogen-bond acceptors (Lipinski definition) is 1. The van der Waals surface area contributed by atoms with Crippen molar-refractivity contribution in [2.75, 3.05) is 0 Å². The molecule has 0 atom stereocenters. The molecular formula is C8H7Cl2N. The third-order valence-electron chi connectivity index (χ3n) is 1.29. The Morgan fingerprint density at radius 2 is 2.18 bits per heavy atom. The molecule has 0 aliphatic rings. The Bertz CT molecular complexity index is 294. The van der Waals surface area contributed by atoms with Gasteiger partial charge in [-0.3, -0.25) is 0 Å². The molecule has 3 heteroatoms. The Labute approximate surface area is 75.7 Å². The molecule has 0 aliphatic carbocycles. The summed E-state index contributed by atoms with van der Waals surface area (Å²) in [5.41, 5.74) is 1.84. The predicted molar refractivity (Wildman–Crippen MR) is 49.0 cm³/mol. The molecule has 1 aromatic rings. The van der Waals surface area contributed by atoms with Crippen molar-refractivity contribution in [3.63, 3.8) is 0 Å². The van der Waals surface area contributed by atoms with Gasteiger partial charge in [0.1, 0.15) is 5.15 Å². The van der Waals surface area contributed by atoms with E-state index in [-0.39, 0.29) is 0 Å². The van der Waals surface area contributed by atoms with Gasteiger partial charge in [0.25, 0.3) is 0 Å². The molecule has 0 aliphatic heterocycles. The van der Waals surface area contributed by atoms with E-state index in [1.165, 1.54) is 0 Å². The largest absolute Gasteiger partial charge is 0.242 e. The van der Waals surface area contributed by atoms with Crippen molar-refractivity contribution in [1.82, 2.24) is 4.98 Å². The van der Waals surface area contributed by atoms with Gasteiger partial charge in [0.2, 0.25) is 0 Å². The quantitative estimate of drug-likeness (QED) is 0.615. The standard InChI is InChI=1S/C8H7Cl2N/c1-5(2)6-3-7(9)8(10)11-4-6/h3-4H,1H2,2H3. The number of pyridine rings is 1. The minimum atomic E-state index is 0.330. The van der Waals surface area contributed by atoms with Crippen molar-refractivity contribution >= 4 is 28.8 Å². The minimum Gasteiger partial charge on any atom is -0.242 e. The molecule has 1 nitrogen and oxygen atoms in total. The summed E-state index contributed by atoms with van der Waals surface area (Å²) in [6, 6.07) is 1.75. The summed E-state index contributed by atoms with van der Waals surface area (Å²) in [5.74, 6) is 0. The fourth-order valence-electron chi connectivity index (χ4n) is 0.655. The van der Waals surface area contributed by atoms with Crippen LogP contribution < -0.4 is 0 Å². The van der Waals surface area contributed by atoms with Crippen LogP contribution in [0.3, 0.4) is 0 Å². The highest BCUT2D eigenvalue weighted by Crippen LogP contribution is 2.22. The monoisotopic (exact) mass is 187 g/mol. The minimum absolute atomic E-state index is 0.330. The molecule has 1 aromatic heterocycles. The van der Waals surface area contributed by atoms with E-state index in [1.807, 2.05) is 6.92 Å². The Morgan fingerprint density at radius 3 is 2.64 bits per heavy atom. The number of halogens is 2. The molecule has 0 saturated carbocycles. The van der Waals surface area contributed by atoms with Crippen molar-refractivity contribution < 1.29 is 0 Å². The van der Waals surface area contributed by atoms with Gasteiger partial charge >= 0.3 is 0 Å². The average Bonchev–Trinajstić information content (AvgIpc) is 1.94. The number of allylic oxidation sites excluding steroid dienone is 1. The van der Waals surface area contributed by atoms with E-state index in [9.17, 15) is 0 Å². The molecular weight excluding hydrogens is 181 g/mol. The van der Waals surface area contributed by atoms with E-state index < -0.39 is 0 Å². The van der Waals surface area contributed by atoms with Crippen LogP contribution in [0.25, 0.3) is 5.57 Å². The predicted octanol–water partition coefficient (Wildman–Crippen LogP) is 3.42. The number of aromatic nitrogens is 1. The van der Waals surface area contributed by atoms with Crippen LogP contribution in [0, 0.1) is 0 Å². The zero-order valence-corrected chi connectivity index (χ0v) is 7.58. The summed E-state index contributed by atoms with van der Waals surface area (Å²) >= 11 is 11.3. The summed E-state index contributed by atoms with van der Waals surface area (Å²) in [5, 5.41) is 0.795. The normalized spacial score (nSPS) is 9.73. The molecule has 0 N–H and O–H groups in total. The van der Waals surface area contributed by atoms with Crippen molar-refractivity contribution in [3.05, 3.63) is 34.6 Å². The SMILES string of the molecule is C=C(C)c1cnc(Cl)c(Cl)c1. The Balaban J connectivity index is 3.15. The summed E-state index contributed by atoms with van der Waals surface area (Å²) in [7, 11) is 0. The van der Waals surface area contributed by atoms with Gasteiger partial charge in [-0.25, -0.2) is 4.98 Å². The van der Waals surface area contributed by atoms with E-state index in [0.717, 1.165) is 11.1 Å². The van der Waals surface area contributed by atoms with Gasteiger partial charge in [-0.1, -0.05) is 29.8 Å². The molecule has 0 radical (unpaired) electrons. The van der Waals surface area contributed by atoms with Gasteiger partial charge in [-0.05, 0) is 24.1 Å². The van der Waals surface area contributed by atoms with Crippen LogP contribution >= 0.6 is 23.2 Å². The lowest BCUT2D eigenvalue weighted by atomic mass is 10.2. The molecule has 58 valence electrons. The number of hydrogen-bond donors (Lipinski definition) is 0. The average molecular weight is 188 g/mol. The van der Waals surface area contributed by atoms with E-state index in [1.54, 1.807) is 12.3 Å². The van der Waals surface area contributed by atoms with E-state index >= 15 is 0 Å². The van der Waals surface area contributed by atoms with E-state index in [2.05, 4.69) is 11.6 Å². The lowest BCUT2D eigenvalue weighted by Crippen LogP contribution is -1.82. The van der Waals surface area contributed by atoms with Crippen LogP contribution in [0.15, 0.2) is 18.8 Å². The van der Waals surface area contributed by atoms with Crippen molar-refractivity contribution in [1.29, 1.82) is 0 Å². The smallest absolute Gasteiger partial charge is 0.147 e. The lowest BCUT2D eigenvalue weighted by molar-refractivity contribution is 1.30. The highest BCUT2D eigenvalue weighted by Gasteiger charge is 2.00. The first-order valence-corrected chi connectivity index (χ1v) is 3.84. The topological polar surface area (TPSA) is 12.9 Å². The molecule has 11 heavy (non-hydrogen) atoms. The van der Waals surface area contributed by atoms with Crippen LogP contribution in [0.2, 0.25) is 10.2 Å². The highest BCUT2D eigenvalue weighted by molar-refractivity contribution is 6.41. The molecule has 0 unspecified atom stereocenters. The van der Waals surface area contributed by atoms with Crippen LogP contribution in [-0.4, -0.2) is 4.98 Å². The second-order valence-electron chi connectivity index (χ2n) is 2.28. The van der Waals surface area contributed by atoms with Gasteiger partial charge < -0.3 is 0 Å². The second-order valence-corrected chi connectivity index (χ2v) is 3.04. The van der Waals surface area contributed by atoms with E-state index in [4.69, 9.17) is 23.2 Å². The summed E-state index contributed by atoms with van der Waals surface area (Å²) in [4.78, 5) is 3.87. The van der Waals surface area contributed by atoms with Gasteiger partial charge in [0.05, 0.1) is 5.02 Å². The maximum Gasteiger partial charge on any atom is 0.147 e. The molecule has 0 saturated heterocycles. The van der Waals surface area contributed by atoms with Crippen molar-refractivity contribution in [2.45, 2.75) is 6.92 Å². The molecule has 0 amide bonds. The van der Waals surface area contributed by atoms with Crippen molar-refractivity contribution in [2.24, 2.45) is 0 Å². The zero-order chi connectivity index (χ0) is 8.43. The number of nitrogens with zero attached hydrogens (tertiary/aromatic N) is 1. The third-order valence-corrected chi connectivity index (χ3v) is 1.98. The highest BCUT2D eigenvalue weighted by atomic mass is 35.5. The Hall–Kier alpha value is -0.530. The maximum atomic E-state index is 5.72. The molecule has 0 spiro atoms. The first kappa shape index (κ1) is 8.57. The third kappa shape index (κ3) is 1.95. The first-order valence-electron chi connectivity index (χ1n) is 3.08. The first-order chi connectivity index (χ1) is 5.11. The Morgan fingerprint density at radius 1 is 1.55 bits per heavy atom. The molecule has 1 heterocycles. The number of rotatable bonds is 1. The summed E-state index contributed by atoms with van der Waals surface area (Å²) in [6.45, 7) is 5.64. The van der Waals surface area contributed by atoms with Crippen molar-refractivity contribution in [3.8, 4) is 0 Å². The summed E-state index contributed by atoms with van der Waals surface area (Å²) < 4.78 is 0. The van der Waals surface area contributed by atoms with Crippen LogP contribution in [0.1, 0.15) is 12.5 Å². The fraction of sp³-hybridized carbons (Fsp3) is 0.125. The van der Waals surface area contributed by atoms with Gasteiger partial charge in [0, 0.05) is 6.20 Å². The Kier molecular flexibility index (Phi) is 2.53. The second kappa shape index (κ2) is 3.24. The van der Waals surface area contributed by atoms with Gasteiger partial charge in [-0.2, -0.15) is 0 Å². The zero-order valence-electron chi connectivity index (χ0n) is 6.06. The summed E-state index contributed by atoms with van der Waals surface area (Å²) in [6.07, 6.45) is 1.65. The molecule has 0 aromatic carbocycles. The van der Waals surface area contributed by atoms with E-state index in [0.29, 0.717) is 10.2 Å². The van der Waals surface area contributed by atoms with Crippen LogP contribution in [0.4, 0.5) is 0 Å². The molecule has 0 fully saturated rings.